The van der Waals surface area contributed by atoms with Crippen molar-refractivity contribution in [1.82, 2.24) is 5.32 Å². The maximum absolute atomic E-state index is 11.6. The SMILES string of the molecule is N#CCCCCCCNC(=O)Cc1ccccc1. The first-order valence-electron chi connectivity index (χ1n) is 6.50. The van der Waals surface area contributed by atoms with Crippen LogP contribution in [0, 0.1) is 11.3 Å². The van der Waals surface area contributed by atoms with Crippen LogP contribution in [0.5, 0.6) is 0 Å². The number of hydrogen-bond acceptors (Lipinski definition) is 2. The molecule has 1 N–H and O–H groups in total. The van der Waals surface area contributed by atoms with Crippen molar-refractivity contribution in [3.8, 4) is 6.07 Å². The molecule has 96 valence electrons. The smallest absolute Gasteiger partial charge is 0.224 e. The van der Waals surface area contributed by atoms with Gasteiger partial charge in [0.25, 0.3) is 0 Å². The third-order valence-corrected chi connectivity index (χ3v) is 2.75. The number of benzene rings is 1. The van der Waals surface area contributed by atoms with Crippen molar-refractivity contribution in [1.29, 1.82) is 5.26 Å². The van der Waals surface area contributed by atoms with Crippen molar-refractivity contribution < 1.29 is 4.79 Å². The summed E-state index contributed by atoms with van der Waals surface area (Å²) in [6, 6.07) is 11.9. The van der Waals surface area contributed by atoms with Crippen LogP contribution in [0.2, 0.25) is 0 Å². The molecule has 0 aliphatic carbocycles. The fraction of sp³-hybridized carbons (Fsp3) is 0.467. The molecule has 1 aromatic carbocycles. The monoisotopic (exact) mass is 244 g/mol. The van der Waals surface area contributed by atoms with E-state index in [0.717, 1.165) is 37.8 Å². The zero-order valence-corrected chi connectivity index (χ0v) is 10.7. The van der Waals surface area contributed by atoms with Gasteiger partial charge in [-0.05, 0) is 18.4 Å². The van der Waals surface area contributed by atoms with Crippen LogP contribution in [0.25, 0.3) is 0 Å². The summed E-state index contributed by atoms with van der Waals surface area (Å²) in [4.78, 5) is 11.6. The maximum atomic E-state index is 11.6. The summed E-state index contributed by atoms with van der Waals surface area (Å²) in [5, 5.41) is 11.3. The van der Waals surface area contributed by atoms with Crippen LogP contribution < -0.4 is 5.32 Å². The van der Waals surface area contributed by atoms with Crippen molar-refractivity contribution >= 4 is 5.91 Å². The van der Waals surface area contributed by atoms with Crippen molar-refractivity contribution in [3.05, 3.63) is 35.9 Å². The summed E-state index contributed by atoms with van der Waals surface area (Å²) in [6.07, 6.45) is 5.20. The average molecular weight is 244 g/mol. The molecule has 0 fully saturated rings. The standard InChI is InChI=1S/C15H20N2O/c16-11-7-2-1-3-8-12-17-15(18)13-14-9-5-4-6-10-14/h4-6,9-10H,1-3,7-8,12-13H2,(H,17,18). The van der Waals surface area contributed by atoms with Gasteiger partial charge in [-0.1, -0.05) is 43.2 Å². The Morgan fingerprint density at radius 2 is 1.83 bits per heavy atom. The van der Waals surface area contributed by atoms with Crippen molar-refractivity contribution in [2.24, 2.45) is 0 Å². The Balaban J connectivity index is 2.02. The first kappa shape index (κ1) is 14.2. The molecule has 1 amide bonds. The summed E-state index contributed by atoms with van der Waals surface area (Å²) >= 11 is 0. The molecule has 0 atom stereocenters. The largest absolute Gasteiger partial charge is 0.356 e. The number of nitrogens with one attached hydrogen (secondary N) is 1. The molecule has 3 heteroatoms. The Morgan fingerprint density at radius 3 is 2.56 bits per heavy atom. The fourth-order valence-corrected chi connectivity index (χ4v) is 1.75. The second-order valence-electron chi connectivity index (χ2n) is 4.33. The van der Waals surface area contributed by atoms with E-state index in [1.54, 1.807) is 0 Å². The van der Waals surface area contributed by atoms with E-state index in [1.165, 1.54) is 0 Å². The van der Waals surface area contributed by atoms with Gasteiger partial charge in [0.05, 0.1) is 12.5 Å². The van der Waals surface area contributed by atoms with Crippen LogP contribution in [0.15, 0.2) is 30.3 Å². The molecule has 0 aliphatic heterocycles. The van der Waals surface area contributed by atoms with Crippen LogP contribution in [0.1, 0.15) is 37.7 Å². The van der Waals surface area contributed by atoms with Gasteiger partial charge in [0.15, 0.2) is 0 Å². The highest BCUT2D eigenvalue weighted by molar-refractivity contribution is 5.78. The molecule has 0 saturated heterocycles. The fourth-order valence-electron chi connectivity index (χ4n) is 1.75. The molecule has 0 unspecified atom stereocenters. The van der Waals surface area contributed by atoms with Crippen LogP contribution in [-0.4, -0.2) is 12.5 Å². The van der Waals surface area contributed by atoms with E-state index in [9.17, 15) is 4.79 Å². The molecule has 1 aromatic rings. The Hall–Kier alpha value is -1.82. The van der Waals surface area contributed by atoms with Crippen molar-refractivity contribution in [2.45, 2.75) is 38.5 Å². The first-order valence-corrected chi connectivity index (χ1v) is 6.50. The lowest BCUT2D eigenvalue weighted by molar-refractivity contribution is -0.120. The molecule has 0 radical (unpaired) electrons. The molecule has 0 heterocycles. The summed E-state index contributed by atoms with van der Waals surface area (Å²) in [5.74, 6) is 0.0817. The number of carbonyl (C=O) groups is 1. The average Bonchev–Trinajstić information content (AvgIpc) is 2.39. The van der Waals surface area contributed by atoms with E-state index in [2.05, 4.69) is 11.4 Å². The third kappa shape index (κ3) is 6.70. The van der Waals surface area contributed by atoms with E-state index in [4.69, 9.17) is 5.26 Å². The van der Waals surface area contributed by atoms with Gasteiger partial charge in [-0.2, -0.15) is 5.26 Å². The van der Waals surface area contributed by atoms with Crippen LogP contribution >= 0.6 is 0 Å². The number of hydrogen-bond donors (Lipinski definition) is 1. The Kier molecular flexibility index (Phi) is 7.31. The normalized spacial score (nSPS) is 9.72. The topological polar surface area (TPSA) is 52.9 Å². The van der Waals surface area contributed by atoms with Gasteiger partial charge < -0.3 is 5.32 Å². The van der Waals surface area contributed by atoms with Gasteiger partial charge >= 0.3 is 0 Å². The predicted molar refractivity (Wildman–Crippen MR) is 71.9 cm³/mol. The lowest BCUT2D eigenvalue weighted by atomic mass is 10.1. The van der Waals surface area contributed by atoms with Gasteiger partial charge in [-0.3, -0.25) is 4.79 Å². The lowest BCUT2D eigenvalue weighted by Gasteiger charge is -2.05. The first-order chi connectivity index (χ1) is 8.83. The summed E-state index contributed by atoms with van der Waals surface area (Å²) in [6.45, 7) is 0.734. The van der Waals surface area contributed by atoms with E-state index in [-0.39, 0.29) is 5.91 Å². The molecule has 0 aromatic heterocycles. The Bertz CT molecular complexity index is 381. The molecule has 0 spiro atoms. The second kappa shape index (κ2) is 9.23. The summed E-state index contributed by atoms with van der Waals surface area (Å²) in [7, 11) is 0. The van der Waals surface area contributed by atoms with Crippen LogP contribution in [0.4, 0.5) is 0 Å². The Morgan fingerprint density at radius 1 is 1.11 bits per heavy atom. The molecule has 0 aliphatic rings. The Labute approximate surface area is 109 Å². The van der Waals surface area contributed by atoms with Crippen molar-refractivity contribution in [2.75, 3.05) is 6.54 Å². The van der Waals surface area contributed by atoms with Gasteiger partial charge in [-0.25, -0.2) is 0 Å². The molecular formula is C15H20N2O. The molecule has 0 saturated carbocycles. The van der Waals surface area contributed by atoms with Crippen LogP contribution in [-0.2, 0) is 11.2 Å². The minimum absolute atomic E-state index is 0.0817. The van der Waals surface area contributed by atoms with Gasteiger partial charge in [0.2, 0.25) is 5.91 Å². The molecule has 3 nitrogen and oxygen atoms in total. The van der Waals surface area contributed by atoms with Gasteiger partial charge in [0, 0.05) is 13.0 Å². The molecular weight excluding hydrogens is 224 g/mol. The number of amides is 1. The zero-order valence-electron chi connectivity index (χ0n) is 10.7. The summed E-state index contributed by atoms with van der Waals surface area (Å²) < 4.78 is 0. The van der Waals surface area contributed by atoms with E-state index in [0.29, 0.717) is 12.8 Å². The number of carbonyl (C=O) groups excluding carboxylic acids is 1. The van der Waals surface area contributed by atoms with Crippen molar-refractivity contribution in [3.63, 3.8) is 0 Å². The summed E-state index contributed by atoms with van der Waals surface area (Å²) in [5.41, 5.74) is 1.05. The quantitative estimate of drug-likeness (QED) is 0.715. The minimum Gasteiger partial charge on any atom is -0.356 e. The second-order valence-corrected chi connectivity index (χ2v) is 4.33. The lowest BCUT2D eigenvalue weighted by Crippen LogP contribution is -2.26. The number of nitriles is 1. The highest BCUT2D eigenvalue weighted by Gasteiger charge is 2.01. The molecule has 18 heavy (non-hydrogen) atoms. The minimum atomic E-state index is 0.0817. The maximum Gasteiger partial charge on any atom is 0.224 e. The zero-order chi connectivity index (χ0) is 13.1. The van der Waals surface area contributed by atoms with E-state index in [1.807, 2.05) is 30.3 Å². The number of unbranched alkanes of at least 4 members (excludes halogenated alkanes) is 4. The van der Waals surface area contributed by atoms with Gasteiger partial charge in [0.1, 0.15) is 0 Å². The highest BCUT2D eigenvalue weighted by Crippen LogP contribution is 2.02. The van der Waals surface area contributed by atoms with Crippen LogP contribution in [0.3, 0.4) is 0 Å². The highest BCUT2D eigenvalue weighted by atomic mass is 16.1. The predicted octanol–water partition coefficient (Wildman–Crippen LogP) is 2.82. The molecule has 1 rings (SSSR count). The van der Waals surface area contributed by atoms with E-state index >= 15 is 0 Å². The van der Waals surface area contributed by atoms with Gasteiger partial charge in [-0.15, -0.1) is 0 Å². The third-order valence-electron chi connectivity index (χ3n) is 2.75. The molecule has 0 bridgehead atoms. The number of nitrogens with zero attached hydrogens (tertiary/aromatic N) is 1. The van der Waals surface area contributed by atoms with E-state index < -0.39 is 0 Å². The number of rotatable bonds is 8.